The van der Waals surface area contributed by atoms with Gasteiger partial charge in [0.2, 0.25) is 5.91 Å². The lowest BCUT2D eigenvalue weighted by atomic mass is 10.1. The van der Waals surface area contributed by atoms with E-state index in [4.69, 9.17) is 4.74 Å². The molecular formula is C22H28N4O3. The summed E-state index contributed by atoms with van der Waals surface area (Å²) in [6, 6.07) is 11.2. The molecule has 1 unspecified atom stereocenters. The van der Waals surface area contributed by atoms with Crippen LogP contribution in [0.1, 0.15) is 29.8 Å². The van der Waals surface area contributed by atoms with Gasteiger partial charge in [-0.05, 0) is 44.5 Å². The molecule has 1 fully saturated rings. The highest BCUT2D eigenvalue weighted by Crippen LogP contribution is 2.18. The summed E-state index contributed by atoms with van der Waals surface area (Å²) < 4.78 is 4.99. The summed E-state index contributed by atoms with van der Waals surface area (Å²) in [7, 11) is 0. The number of esters is 1. The molecule has 29 heavy (non-hydrogen) atoms. The lowest BCUT2D eigenvalue weighted by Gasteiger charge is -2.38. The summed E-state index contributed by atoms with van der Waals surface area (Å²) in [6.07, 6.45) is 1.55. The maximum absolute atomic E-state index is 12.6. The van der Waals surface area contributed by atoms with Crippen LogP contribution in [-0.4, -0.2) is 60.6 Å². The Labute approximate surface area is 171 Å². The molecule has 3 rings (SSSR count). The van der Waals surface area contributed by atoms with Crippen LogP contribution in [0, 0.1) is 6.92 Å². The van der Waals surface area contributed by atoms with E-state index in [0.29, 0.717) is 12.2 Å². The lowest BCUT2D eigenvalue weighted by Crippen LogP contribution is -2.53. The van der Waals surface area contributed by atoms with Gasteiger partial charge in [0, 0.05) is 38.1 Å². The number of hydrogen-bond donors (Lipinski definition) is 1. The average molecular weight is 396 g/mol. The SMILES string of the molecule is CCOC(=O)c1ccc(N2CCN(C(C)C(=O)Nc3ccccc3C)CC2)nc1. The lowest BCUT2D eigenvalue weighted by molar-refractivity contribution is -0.120. The molecule has 1 saturated heterocycles. The van der Waals surface area contributed by atoms with E-state index in [1.54, 1.807) is 19.2 Å². The number of nitrogens with zero attached hydrogens (tertiary/aromatic N) is 3. The predicted octanol–water partition coefficient (Wildman–Crippen LogP) is 2.72. The van der Waals surface area contributed by atoms with Gasteiger partial charge in [0.05, 0.1) is 18.2 Å². The first-order valence-corrected chi connectivity index (χ1v) is 9.98. The molecule has 1 aliphatic rings. The van der Waals surface area contributed by atoms with Crippen molar-refractivity contribution in [3.8, 4) is 0 Å². The zero-order chi connectivity index (χ0) is 20.8. The van der Waals surface area contributed by atoms with Crippen LogP contribution in [0.5, 0.6) is 0 Å². The Morgan fingerprint density at radius 2 is 1.86 bits per heavy atom. The summed E-state index contributed by atoms with van der Waals surface area (Å²) in [4.78, 5) is 33.1. The van der Waals surface area contributed by atoms with Gasteiger partial charge in [-0.3, -0.25) is 9.69 Å². The smallest absolute Gasteiger partial charge is 0.339 e. The molecule has 0 aliphatic carbocycles. The quantitative estimate of drug-likeness (QED) is 0.757. The van der Waals surface area contributed by atoms with Crippen molar-refractivity contribution in [1.82, 2.24) is 9.88 Å². The summed E-state index contributed by atoms with van der Waals surface area (Å²) in [6.45, 7) is 9.13. The molecule has 1 amide bonds. The highest BCUT2D eigenvalue weighted by Gasteiger charge is 2.26. The molecule has 7 nitrogen and oxygen atoms in total. The van der Waals surface area contributed by atoms with Crippen LogP contribution in [0.15, 0.2) is 42.6 Å². The van der Waals surface area contributed by atoms with Crippen LogP contribution < -0.4 is 10.2 Å². The molecule has 0 radical (unpaired) electrons. The standard InChI is InChI=1S/C22H28N4O3/c1-4-29-22(28)18-9-10-20(23-15-18)26-13-11-25(12-14-26)17(3)21(27)24-19-8-6-5-7-16(19)2/h5-10,15,17H,4,11-14H2,1-3H3,(H,24,27). The third kappa shape index (κ3) is 5.12. The zero-order valence-corrected chi connectivity index (χ0v) is 17.2. The maximum atomic E-state index is 12.6. The summed E-state index contributed by atoms with van der Waals surface area (Å²) in [5.74, 6) is 0.476. The Morgan fingerprint density at radius 3 is 2.48 bits per heavy atom. The van der Waals surface area contributed by atoms with Crippen molar-refractivity contribution in [2.75, 3.05) is 43.0 Å². The largest absolute Gasteiger partial charge is 0.462 e. The number of hydrogen-bond acceptors (Lipinski definition) is 6. The molecule has 1 aromatic carbocycles. The molecule has 0 saturated carbocycles. The van der Waals surface area contributed by atoms with E-state index in [1.165, 1.54) is 0 Å². The van der Waals surface area contributed by atoms with E-state index < -0.39 is 0 Å². The van der Waals surface area contributed by atoms with Gasteiger partial charge < -0.3 is 15.0 Å². The minimum atomic E-state index is -0.357. The second-order valence-corrected chi connectivity index (χ2v) is 7.13. The van der Waals surface area contributed by atoms with Crippen molar-refractivity contribution < 1.29 is 14.3 Å². The van der Waals surface area contributed by atoms with E-state index >= 15 is 0 Å². The number of para-hydroxylation sites is 1. The van der Waals surface area contributed by atoms with Crippen LogP contribution in [0.2, 0.25) is 0 Å². The van der Waals surface area contributed by atoms with Gasteiger partial charge in [0.25, 0.3) is 0 Å². The first-order valence-electron chi connectivity index (χ1n) is 9.98. The van der Waals surface area contributed by atoms with Gasteiger partial charge in [0.15, 0.2) is 0 Å². The predicted molar refractivity (Wildman–Crippen MR) is 113 cm³/mol. The van der Waals surface area contributed by atoms with Gasteiger partial charge in [-0.15, -0.1) is 0 Å². The molecule has 0 bridgehead atoms. The molecule has 7 heteroatoms. The number of ether oxygens (including phenoxy) is 1. The topological polar surface area (TPSA) is 74.8 Å². The van der Waals surface area contributed by atoms with Crippen molar-refractivity contribution in [2.45, 2.75) is 26.8 Å². The molecule has 1 N–H and O–H groups in total. The number of benzene rings is 1. The fraction of sp³-hybridized carbons (Fsp3) is 0.409. The number of aromatic nitrogens is 1. The second-order valence-electron chi connectivity index (χ2n) is 7.13. The molecule has 154 valence electrons. The first kappa shape index (κ1) is 20.8. The van der Waals surface area contributed by atoms with Crippen LogP contribution in [0.3, 0.4) is 0 Å². The molecule has 1 aromatic heterocycles. The number of aryl methyl sites for hydroxylation is 1. The number of carbonyl (C=O) groups excluding carboxylic acids is 2. The van der Waals surface area contributed by atoms with Gasteiger partial charge >= 0.3 is 5.97 Å². The van der Waals surface area contributed by atoms with Gasteiger partial charge in [-0.25, -0.2) is 9.78 Å². The average Bonchev–Trinajstić information content (AvgIpc) is 2.75. The third-order valence-electron chi connectivity index (χ3n) is 5.23. The first-order chi connectivity index (χ1) is 14.0. The second kappa shape index (κ2) is 9.52. The van der Waals surface area contributed by atoms with Gasteiger partial charge in [-0.1, -0.05) is 18.2 Å². The van der Waals surface area contributed by atoms with Crippen LogP contribution in [-0.2, 0) is 9.53 Å². The van der Waals surface area contributed by atoms with Crippen molar-refractivity contribution in [3.05, 3.63) is 53.7 Å². The molecule has 0 spiro atoms. The van der Waals surface area contributed by atoms with Crippen LogP contribution in [0.25, 0.3) is 0 Å². The van der Waals surface area contributed by atoms with Gasteiger partial charge in [-0.2, -0.15) is 0 Å². The summed E-state index contributed by atoms with van der Waals surface area (Å²) >= 11 is 0. The molecule has 1 atom stereocenters. The molecular weight excluding hydrogens is 368 g/mol. The Balaban J connectivity index is 1.53. The highest BCUT2D eigenvalue weighted by molar-refractivity contribution is 5.95. The maximum Gasteiger partial charge on any atom is 0.339 e. The molecule has 1 aliphatic heterocycles. The zero-order valence-electron chi connectivity index (χ0n) is 17.2. The number of carbonyl (C=O) groups is 2. The van der Waals surface area contributed by atoms with Crippen LogP contribution in [0.4, 0.5) is 11.5 Å². The van der Waals surface area contributed by atoms with Crippen LogP contribution >= 0.6 is 0 Å². The Hall–Kier alpha value is -2.93. The number of pyridine rings is 1. The van der Waals surface area contributed by atoms with E-state index in [2.05, 4.69) is 20.1 Å². The van der Waals surface area contributed by atoms with E-state index in [9.17, 15) is 9.59 Å². The summed E-state index contributed by atoms with van der Waals surface area (Å²) in [5, 5.41) is 3.03. The van der Waals surface area contributed by atoms with Crippen molar-refractivity contribution in [1.29, 1.82) is 0 Å². The number of amides is 1. The normalized spacial score (nSPS) is 15.6. The minimum absolute atomic E-state index is 0.00432. The molecule has 2 aromatic rings. The summed E-state index contributed by atoms with van der Waals surface area (Å²) in [5.41, 5.74) is 2.36. The van der Waals surface area contributed by atoms with Crippen molar-refractivity contribution in [3.63, 3.8) is 0 Å². The number of nitrogens with one attached hydrogen (secondary N) is 1. The fourth-order valence-corrected chi connectivity index (χ4v) is 3.36. The fourth-order valence-electron chi connectivity index (χ4n) is 3.36. The monoisotopic (exact) mass is 396 g/mol. The van der Waals surface area contributed by atoms with Gasteiger partial charge in [0.1, 0.15) is 5.82 Å². The number of rotatable bonds is 6. The van der Waals surface area contributed by atoms with E-state index in [1.807, 2.05) is 44.2 Å². The number of piperazine rings is 1. The van der Waals surface area contributed by atoms with E-state index in [-0.39, 0.29) is 17.9 Å². The van der Waals surface area contributed by atoms with Crippen molar-refractivity contribution in [2.24, 2.45) is 0 Å². The Kier molecular flexibility index (Phi) is 6.82. The third-order valence-corrected chi connectivity index (χ3v) is 5.23. The number of anilines is 2. The minimum Gasteiger partial charge on any atom is -0.462 e. The van der Waals surface area contributed by atoms with Crippen molar-refractivity contribution >= 4 is 23.4 Å². The Bertz CT molecular complexity index is 845. The highest BCUT2D eigenvalue weighted by atomic mass is 16.5. The van der Waals surface area contributed by atoms with E-state index in [0.717, 1.165) is 43.2 Å². The molecule has 2 heterocycles. The Morgan fingerprint density at radius 1 is 1.14 bits per heavy atom.